The Morgan fingerprint density at radius 2 is 2.14 bits per heavy atom. The fourth-order valence-corrected chi connectivity index (χ4v) is 3.62. The molecule has 0 aromatic carbocycles. The molecule has 6 heteroatoms. The summed E-state index contributed by atoms with van der Waals surface area (Å²) in [6.07, 6.45) is 5.65. The van der Waals surface area contributed by atoms with Crippen LogP contribution in [0.3, 0.4) is 0 Å². The van der Waals surface area contributed by atoms with Crippen molar-refractivity contribution in [2.24, 2.45) is 5.92 Å². The Morgan fingerprint density at radius 1 is 1.32 bits per heavy atom. The van der Waals surface area contributed by atoms with Crippen molar-refractivity contribution in [1.82, 2.24) is 14.8 Å². The maximum atomic E-state index is 12.6. The van der Waals surface area contributed by atoms with Crippen molar-refractivity contribution in [3.05, 3.63) is 28.5 Å². The van der Waals surface area contributed by atoms with E-state index in [2.05, 4.69) is 25.8 Å². The lowest BCUT2D eigenvalue weighted by molar-refractivity contribution is 0.0224. The highest BCUT2D eigenvalue weighted by Crippen LogP contribution is 2.21. The molecule has 2 aliphatic rings. The summed E-state index contributed by atoms with van der Waals surface area (Å²) in [4.78, 5) is 21.2. The summed E-state index contributed by atoms with van der Waals surface area (Å²) in [6, 6.07) is 1.85. The van der Waals surface area contributed by atoms with E-state index in [-0.39, 0.29) is 5.91 Å². The third-order valence-corrected chi connectivity index (χ3v) is 4.81. The highest BCUT2D eigenvalue weighted by atomic mass is 79.9. The molecule has 3 rings (SSSR count). The molecular formula is C16H22BrN3O2. The van der Waals surface area contributed by atoms with Gasteiger partial charge in [0.1, 0.15) is 0 Å². The average molecular weight is 368 g/mol. The van der Waals surface area contributed by atoms with Crippen LogP contribution in [-0.4, -0.2) is 66.6 Å². The molecule has 120 valence electrons. The summed E-state index contributed by atoms with van der Waals surface area (Å²) in [6.45, 7) is 6.47. The number of piperidine rings is 1. The van der Waals surface area contributed by atoms with Crippen molar-refractivity contribution in [2.45, 2.75) is 12.8 Å². The zero-order valence-corrected chi connectivity index (χ0v) is 14.3. The first kappa shape index (κ1) is 15.9. The van der Waals surface area contributed by atoms with E-state index in [1.54, 1.807) is 12.4 Å². The van der Waals surface area contributed by atoms with E-state index >= 15 is 0 Å². The number of carbonyl (C=O) groups excluding carboxylic acids is 1. The fraction of sp³-hybridized carbons (Fsp3) is 0.625. The van der Waals surface area contributed by atoms with Crippen LogP contribution in [0.5, 0.6) is 0 Å². The van der Waals surface area contributed by atoms with Crippen LogP contribution in [0.25, 0.3) is 0 Å². The maximum Gasteiger partial charge on any atom is 0.255 e. The zero-order chi connectivity index (χ0) is 15.4. The zero-order valence-electron chi connectivity index (χ0n) is 12.7. The van der Waals surface area contributed by atoms with Gasteiger partial charge in [-0.05, 0) is 40.8 Å². The molecule has 3 heterocycles. The SMILES string of the molecule is O=C(c1cncc(Br)c1)N1CCCC(CN2CCOCC2)C1. The number of amides is 1. The molecule has 2 fully saturated rings. The largest absolute Gasteiger partial charge is 0.379 e. The Labute approximate surface area is 139 Å². The molecule has 1 aromatic heterocycles. The molecule has 2 saturated heterocycles. The van der Waals surface area contributed by atoms with Crippen molar-refractivity contribution in [1.29, 1.82) is 0 Å². The van der Waals surface area contributed by atoms with Gasteiger partial charge in [-0.3, -0.25) is 14.7 Å². The third kappa shape index (κ3) is 4.06. The Bertz CT molecular complexity index is 520. The second-order valence-corrected chi connectivity index (χ2v) is 6.98. The van der Waals surface area contributed by atoms with Crippen molar-refractivity contribution in [3.63, 3.8) is 0 Å². The molecule has 1 unspecified atom stereocenters. The molecule has 1 aromatic rings. The van der Waals surface area contributed by atoms with E-state index in [4.69, 9.17) is 4.74 Å². The molecule has 0 spiro atoms. The Balaban J connectivity index is 1.58. The Hall–Kier alpha value is -0.980. The average Bonchev–Trinajstić information content (AvgIpc) is 2.55. The van der Waals surface area contributed by atoms with Crippen molar-refractivity contribution in [2.75, 3.05) is 45.9 Å². The van der Waals surface area contributed by atoms with Crippen LogP contribution in [-0.2, 0) is 4.74 Å². The van der Waals surface area contributed by atoms with Crippen molar-refractivity contribution < 1.29 is 9.53 Å². The van der Waals surface area contributed by atoms with Gasteiger partial charge in [0.25, 0.3) is 5.91 Å². The highest BCUT2D eigenvalue weighted by molar-refractivity contribution is 9.10. The molecule has 0 bridgehead atoms. The number of halogens is 1. The number of nitrogens with zero attached hydrogens (tertiary/aromatic N) is 3. The number of ether oxygens (including phenoxy) is 1. The first-order chi connectivity index (χ1) is 10.7. The van der Waals surface area contributed by atoms with E-state index in [1.165, 1.54) is 6.42 Å². The van der Waals surface area contributed by atoms with Crippen LogP contribution in [0.2, 0.25) is 0 Å². The van der Waals surface area contributed by atoms with Crippen LogP contribution in [0.1, 0.15) is 23.2 Å². The lowest BCUT2D eigenvalue weighted by atomic mass is 9.96. The Kier molecular flexibility index (Phi) is 5.44. The minimum atomic E-state index is 0.0977. The molecule has 0 radical (unpaired) electrons. The van der Waals surface area contributed by atoms with Crippen LogP contribution >= 0.6 is 15.9 Å². The number of morpholine rings is 1. The predicted octanol–water partition coefficient (Wildman–Crippen LogP) is 2.03. The topological polar surface area (TPSA) is 45.7 Å². The number of aromatic nitrogens is 1. The molecule has 1 atom stereocenters. The summed E-state index contributed by atoms with van der Waals surface area (Å²) in [5.41, 5.74) is 0.668. The van der Waals surface area contributed by atoms with E-state index in [0.717, 1.165) is 56.8 Å². The van der Waals surface area contributed by atoms with E-state index in [0.29, 0.717) is 11.5 Å². The second-order valence-electron chi connectivity index (χ2n) is 6.06. The predicted molar refractivity (Wildman–Crippen MR) is 87.8 cm³/mol. The van der Waals surface area contributed by atoms with Gasteiger partial charge in [0, 0.05) is 49.6 Å². The van der Waals surface area contributed by atoms with Crippen LogP contribution in [0.4, 0.5) is 0 Å². The van der Waals surface area contributed by atoms with Crippen LogP contribution in [0.15, 0.2) is 22.9 Å². The van der Waals surface area contributed by atoms with Gasteiger partial charge in [0.05, 0.1) is 18.8 Å². The van der Waals surface area contributed by atoms with Gasteiger partial charge in [0.2, 0.25) is 0 Å². The number of hydrogen-bond donors (Lipinski definition) is 0. The van der Waals surface area contributed by atoms with Crippen molar-refractivity contribution >= 4 is 21.8 Å². The summed E-state index contributed by atoms with van der Waals surface area (Å²) in [5.74, 6) is 0.663. The van der Waals surface area contributed by atoms with Gasteiger partial charge in [-0.15, -0.1) is 0 Å². The summed E-state index contributed by atoms with van der Waals surface area (Å²) < 4.78 is 6.25. The molecule has 0 aliphatic carbocycles. The summed E-state index contributed by atoms with van der Waals surface area (Å²) in [5, 5.41) is 0. The second kappa shape index (κ2) is 7.53. The molecule has 22 heavy (non-hydrogen) atoms. The first-order valence-electron chi connectivity index (χ1n) is 7.92. The minimum Gasteiger partial charge on any atom is -0.379 e. The number of rotatable bonds is 3. The van der Waals surface area contributed by atoms with Gasteiger partial charge in [0.15, 0.2) is 0 Å². The van der Waals surface area contributed by atoms with Gasteiger partial charge in [-0.25, -0.2) is 0 Å². The first-order valence-corrected chi connectivity index (χ1v) is 8.71. The molecule has 1 amide bonds. The smallest absolute Gasteiger partial charge is 0.255 e. The monoisotopic (exact) mass is 367 g/mol. The molecular weight excluding hydrogens is 346 g/mol. The van der Waals surface area contributed by atoms with Crippen LogP contribution in [0, 0.1) is 5.92 Å². The minimum absolute atomic E-state index is 0.0977. The Morgan fingerprint density at radius 3 is 2.91 bits per heavy atom. The number of carbonyl (C=O) groups is 1. The maximum absolute atomic E-state index is 12.6. The number of likely N-dealkylation sites (tertiary alicyclic amines) is 1. The van der Waals surface area contributed by atoms with E-state index in [9.17, 15) is 4.79 Å². The van der Waals surface area contributed by atoms with E-state index < -0.39 is 0 Å². The van der Waals surface area contributed by atoms with Gasteiger partial charge >= 0.3 is 0 Å². The molecule has 0 N–H and O–H groups in total. The van der Waals surface area contributed by atoms with Gasteiger partial charge in [-0.1, -0.05) is 0 Å². The molecule has 5 nitrogen and oxygen atoms in total. The normalized spacial score (nSPS) is 23.5. The number of hydrogen-bond acceptors (Lipinski definition) is 4. The van der Waals surface area contributed by atoms with Crippen LogP contribution < -0.4 is 0 Å². The van der Waals surface area contributed by atoms with Gasteiger partial charge in [-0.2, -0.15) is 0 Å². The lowest BCUT2D eigenvalue weighted by Gasteiger charge is -2.36. The fourth-order valence-electron chi connectivity index (χ4n) is 3.26. The molecule has 0 saturated carbocycles. The quantitative estimate of drug-likeness (QED) is 0.819. The standard InChI is InChI=1S/C16H22BrN3O2/c17-15-8-14(9-18-10-15)16(21)20-3-1-2-13(12-20)11-19-4-6-22-7-5-19/h8-10,13H,1-7,11-12H2. The summed E-state index contributed by atoms with van der Waals surface area (Å²) >= 11 is 3.38. The third-order valence-electron chi connectivity index (χ3n) is 4.38. The van der Waals surface area contributed by atoms with Crippen molar-refractivity contribution in [3.8, 4) is 0 Å². The highest BCUT2D eigenvalue weighted by Gasteiger charge is 2.26. The summed E-state index contributed by atoms with van der Waals surface area (Å²) in [7, 11) is 0. The van der Waals surface area contributed by atoms with E-state index in [1.807, 2.05) is 11.0 Å². The lowest BCUT2D eigenvalue weighted by Crippen LogP contribution is -2.46. The van der Waals surface area contributed by atoms with Gasteiger partial charge < -0.3 is 9.64 Å². The number of pyridine rings is 1. The molecule has 2 aliphatic heterocycles.